The zero-order valence-electron chi connectivity index (χ0n) is 11.8. The molecular weight excluding hydrogens is 279 g/mol. The zero-order valence-corrected chi connectivity index (χ0v) is 11.8. The molecule has 0 aromatic heterocycles. The molecule has 0 unspecified atom stereocenters. The average Bonchev–Trinajstić information content (AvgIpc) is 2.97. The molecule has 1 aromatic carbocycles. The monoisotopic (exact) mass is 296 g/mol. The number of carboxylic acid groups (broad SMARTS) is 1. The number of carbonyl (C=O) groups is 1. The largest absolute Gasteiger partial charge is 0.494 e. The molecule has 2 aliphatic rings. The molecule has 1 N–H and O–H groups in total. The second kappa shape index (κ2) is 5.09. The minimum atomic E-state index is -1.26. The molecule has 1 aliphatic heterocycles. The number of aliphatic carboxylic acids is 1. The predicted octanol–water partition coefficient (Wildman–Crippen LogP) is 2.50. The quantitative estimate of drug-likeness (QED) is 0.928. The molecule has 3 rings (SSSR count). The van der Waals surface area contributed by atoms with E-state index in [0.717, 1.165) is 12.8 Å². The van der Waals surface area contributed by atoms with E-state index < -0.39 is 17.2 Å². The Bertz CT molecular complexity index is 578. The van der Waals surface area contributed by atoms with Gasteiger partial charge in [-0.15, -0.1) is 0 Å². The Morgan fingerprint density at radius 2 is 2.00 bits per heavy atom. The summed E-state index contributed by atoms with van der Waals surface area (Å²) in [6, 6.07) is 1.41. The molecule has 0 radical (unpaired) electrons. The summed E-state index contributed by atoms with van der Waals surface area (Å²) in [5, 5.41) is 9.70. The highest BCUT2D eigenvalue weighted by molar-refractivity contribution is 5.84. The highest BCUT2D eigenvalue weighted by Gasteiger charge is 2.48. The number of fused-ring (bicyclic) bond motifs is 1. The number of hydrogen-bond donors (Lipinski definition) is 1. The van der Waals surface area contributed by atoms with Crippen LogP contribution in [0.15, 0.2) is 6.07 Å². The lowest BCUT2D eigenvalue weighted by Gasteiger charge is -2.30. The van der Waals surface area contributed by atoms with Crippen LogP contribution in [-0.4, -0.2) is 31.4 Å². The third-order valence-electron chi connectivity index (χ3n) is 4.30. The summed E-state index contributed by atoms with van der Waals surface area (Å²) in [6.07, 6.45) is 2.28. The van der Waals surface area contributed by atoms with Crippen LogP contribution in [0.5, 0.6) is 17.2 Å². The molecule has 5 nitrogen and oxygen atoms in total. The maximum atomic E-state index is 14.8. The first-order valence-corrected chi connectivity index (χ1v) is 7.00. The summed E-state index contributed by atoms with van der Waals surface area (Å²) in [6.45, 7) is 0.628. The minimum Gasteiger partial charge on any atom is -0.494 e. The van der Waals surface area contributed by atoms with Crippen molar-refractivity contribution in [1.29, 1.82) is 0 Å². The number of hydrogen-bond acceptors (Lipinski definition) is 4. The van der Waals surface area contributed by atoms with Crippen LogP contribution < -0.4 is 14.2 Å². The van der Waals surface area contributed by atoms with E-state index >= 15 is 0 Å². The van der Waals surface area contributed by atoms with Crippen LogP contribution in [0.2, 0.25) is 0 Å². The zero-order chi connectivity index (χ0) is 15.0. The van der Waals surface area contributed by atoms with E-state index in [2.05, 4.69) is 0 Å². The Kier molecular flexibility index (Phi) is 3.39. The molecule has 1 aromatic rings. The molecule has 114 valence electrons. The second-order valence-corrected chi connectivity index (χ2v) is 5.39. The van der Waals surface area contributed by atoms with E-state index in [1.54, 1.807) is 0 Å². The lowest BCUT2D eigenvalue weighted by molar-refractivity contribution is -0.143. The first-order chi connectivity index (χ1) is 10.1. The van der Waals surface area contributed by atoms with Gasteiger partial charge in [-0.3, -0.25) is 4.79 Å². The van der Waals surface area contributed by atoms with Gasteiger partial charge in [-0.2, -0.15) is 0 Å². The van der Waals surface area contributed by atoms with Crippen molar-refractivity contribution in [2.75, 3.05) is 20.3 Å². The molecule has 0 bridgehead atoms. The molecule has 1 heterocycles. The summed E-state index contributed by atoms with van der Waals surface area (Å²) in [5.41, 5.74) is -1.19. The van der Waals surface area contributed by atoms with E-state index in [-0.39, 0.29) is 23.7 Å². The molecular formula is C15H17FO5. The molecule has 1 saturated carbocycles. The topological polar surface area (TPSA) is 65.0 Å². The van der Waals surface area contributed by atoms with Crippen molar-refractivity contribution >= 4 is 5.97 Å². The van der Waals surface area contributed by atoms with Gasteiger partial charge in [0, 0.05) is 6.07 Å². The highest BCUT2D eigenvalue weighted by atomic mass is 19.1. The first-order valence-electron chi connectivity index (χ1n) is 7.00. The summed E-state index contributed by atoms with van der Waals surface area (Å²) in [7, 11) is 1.35. The Morgan fingerprint density at radius 3 is 2.62 bits per heavy atom. The Balaban J connectivity index is 2.27. The van der Waals surface area contributed by atoms with Crippen LogP contribution in [0.3, 0.4) is 0 Å². The average molecular weight is 296 g/mol. The van der Waals surface area contributed by atoms with Gasteiger partial charge in [0.15, 0.2) is 23.1 Å². The minimum absolute atomic E-state index is 0.0122. The first kappa shape index (κ1) is 14.0. The van der Waals surface area contributed by atoms with Crippen molar-refractivity contribution in [2.24, 2.45) is 0 Å². The van der Waals surface area contributed by atoms with E-state index in [1.165, 1.54) is 13.2 Å². The molecule has 0 amide bonds. The van der Waals surface area contributed by atoms with Crippen LogP contribution >= 0.6 is 0 Å². The lowest BCUT2D eigenvalue weighted by Crippen LogP contribution is -2.35. The van der Waals surface area contributed by atoms with Crippen molar-refractivity contribution in [3.63, 3.8) is 0 Å². The fourth-order valence-electron chi connectivity index (χ4n) is 3.27. The highest BCUT2D eigenvalue weighted by Crippen LogP contribution is 2.51. The van der Waals surface area contributed by atoms with Gasteiger partial charge in [-0.1, -0.05) is 12.8 Å². The van der Waals surface area contributed by atoms with Crippen LogP contribution in [0.1, 0.15) is 31.2 Å². The maximum absolute atomic E-state index is 14.8. The van der Waals surface area contributed by atoms with Crippen molar-refractivity contribution in [3.8, 4) is 17.2 Å². The molecule has 1 aliphatic carbocycles. The third kappa shape index (κ3) is 2.01. The Morgan fingerprint density at radius 1 is 1.33 bits per heavy atom. The van der Waals surface area contributed by atoms with Crippen LogP contribution in [0.25, 0.3) is 0 Å². The van der Waals surface area contributed by atoms with Gasteiger partial charge < -0.3 is 19.3 Å². The van der Waals surface area contributed by atoms with Crippen LogP contribution in [0, 0.1) is 5.82 Å². The van der Waals surface area contributed by atoms with Gasteiger partial charge in [0.05, 0.1) is 18.1 Å². The SMILES string of the molecule is COc1cc2c(c(C3(C(=O)O)CCCC3)c1F)OCCO2. The molecule has 21 heavy (non-hydrogen) atoms. The summed E-state index contributed by atoms with van der Waals surface area (Å²) in [4.78, 5) is 11.9. The number of ether oxygens (including phenoxy) is 3. The molecule has 1 fully saturated rings. The van der Waals surface area contributed by atoms with E-state index in [4.69, 9.17) is 14.2 Å². The van der Waals surface area contributed by atoms with Gasteiger partial charge in [-0.25, -0.2) is 4.39 Å². The predicted molar refractivity (Wildman–Crippen MR) is 71.7 cm³/mol. The van der Waals surface area contributed by atoms with Gasteiger partial charge in [0.1, 0.15) is 13.2 Å². The standard InChI is InChI=1S/C15H17FO5/c1-19-9-8-10-13(21-7-6-20-10)11(12(9)16)15(14(17)18)4-2-3-5-15/h8H,2-7H2,1H3,(H,17,18). The molecule has 0 atom stereocenters. The number of benzene rings is 1. The molecule has 0 saturated heterocycles. The van der Waals surface area contributed by atoms with Crippen molar-refractivity contribution in [3.05, 3.63) is 17.4 Å². The fraction of sp³-hybridized carbons (Fsp3) is 0.533. The Hall–Kier alpha value is -1.98. The van der Waals surface area contributed by atoms with Crippen molar-refractivity contribution in [1.82, 2.24) is 0 Å². The van der Waals surface area contributed by atoms with Gasteiger partial charge >= 0.3 is 5.97 Å². The third-order valence-corrected chi connectivity index (χ3v) is 4.30. The van der Waals surface area contributed by atoms with Gasteiger partial charge in [-0.05, 0) is 12.8 Å². The number of halogens is 1. The Labute approximate surface area is 121 Å². The summed E-state index contributed by atoms with van der Waals surface area (Å²) < 4.78 is 30.8. The fourth-order valence-corrected chi connectivity index (χ4v) is 3.27. The number of carboxylic acids is 1. The van der Waals surface area contributed by atoms with E-state index in [9.17, 15) is 14.3 Å². The summed E-state index contributed by atoms with van der Waals surface area (Å²) in [5.74, 6) is -1.14. The van der Waals surface area contributed by atoms with Crippen LogP contribution in [0.4, 0.5) is 4.39 Å². The van der Waals surface area contributed by atoms with E-state index in [1.807, 2.05) is 0 Å². The number of methoxy groups -OCH3 is 1. The van der Waals surface area contributed by atoms with Crippen molar-refractivity contribution < 1.29 is 28.5 Å². The lowest BCUT2D eigenvalue weighted by atomic mass is 9.77. The van der Waals surface area contributed by atoms with Crippen LogP contribution in [-0.2, 0) is 10.2 Å². The van der Waals surface area contributed by atoms with E-state index in [0.29, 0.717) is 25.2 Å². The smallest absolute Gasteiger partial charge is 0.314 e. The molecule has 6 heteroatoms. The van der Waals surface area contributed by atoms with Gasteiger partial charge in [0.2, 0.25) is 0 Å². The maximum Gasteiger partial charge on any atom is 0.314 e. The van der Waals surface area contributed by atoms with Crippen molar-refractivity contribution in [2.45, 2.75) is 31.1 Å². The summed E-state index contributed by atoms with van der Waals surface area (Å²) >= 11 is 0. The number of rotatable bonds is 3. The second-order valence-electron chi connectivity index (χ2n) is 5.39. The molecule has 0 spiro atoms. The normalized spacial score (nSPS) is 19.3. The van der Waals surface area contributed by atoms with Gasteiger partial charge in [0.25, 0.3) is 0 Å².